The minimum Gasteiger partial charge on any atom is -0.0883 e. The predicted octanol–water partition coefficient (Wildman–Crippen LogP) is 7.29. The van der Waals surface area contributed by atoms with Crippen molar-refractivity contribution >= 4 is 0 Å². The third-order valence-electron chi connectivity index (χ3n) is 6.02. The Morgan fingerprint density at radius 3 is 2.10 bits per heavy atom. The molecule has 2 aliphatic rings. The lowest BCUT2D eigenvalue weighted by Gasteiger charge is -2.35. The number of unbranched alkanes of at least 4 members (excludes halogenated alkanes) is 5. The second kappa shape index (κ2) is 10.5. The Morgan fingerprint density at radius 1 is 0.714 bits per heavy atom. The van der Waals surface area contributed by atoms with Gasteiger partial charge in [0.05, 0.1) is 0 Å². The maximum atomic E-state index is 2.57. The fraction of sp³-hybridized carbons (Fsp3) is 0.905. The van der Waals surface area contributed by atoms with E-state index in [4.69, 9.17) is 0 Å². The van der Waals surface area contributed by atoms with Gasteiger partial charge in [0.25, 0.3) is 0 Å². The van der Waals surface area contributed by atoms with Crippen molar-refractivity contribution in [2.45, 2.75) is 103 Å². The second-order valence-corrected chi connectivity index (χ2v) is 7.70. The number of rotatable bonds is 8. The Labute approximate surface area is 133 Å². The summed E-state index contributed by atoms with van der Waals surface area (Å²) in [5.41, 5.74) is 0. The number of hydrogen-bond acceptors (Lipinski definition) is 0. The van der Waals surface area contributed by atoms with Crippen molar-refractivity contribution in [1.29, 1.82) is 0 Å². The highest BCUT2D eigenvalue weighted by atomic mass is 14.3. The molecular formula is C21H38. The van der Waals surface area contributed by atoms with Crippen LogP contribution in [0.2, 0.25) is 0 Å². The third kappa shape index (κ3) is 6.57. The molecule has 2 fully saturated rings. The van der Waals surface area contributed by atoms with Crippen LogP contribution >= 0.6 is 0 Å². The minimum absolute atomic E-state index is 0.917. The van der Waals surface area contributed by atoms with E-state index >= 15 is 0 Å². The maximum Gasteiger partial charge on any atom is -0.0233 e. The van der Waals surface area contributed by atoms with E-state index in [0.29, 0.717) is 0 Å². The molecule has 0 amide bonds. The molecule has 0 aromatic heterocycles. The SMILES string of the molecule is CCCCCCC/C=C/C1CCC(C2CCCCC2)CC1. The van der Waals surface area contributed by atoms with Crippen molar-refractivity contribution in [1.82, 2.24) is 0 Å². The van der Waals surface area contributed by atoms with Crippen LogP contribution in [-0.4, -0.2) is 0 Å². The average Bonchev–Trinajstić information content (AvgIpc) is 2.55. The molecule has 2 saturated carbocycles. The molecule has 2 rings (SSSR count). The van der Waals surface area contributed by atoms with Crippen LogP contribution in [0.25, 0.3) is 0 Å². The molecule has 21 heavy (non-hydrogen) atoms. The highest BCUT2D eigenvalue weighted by Crippen LogP contribution is 2.40. The van der Waals surface area contributed by atoms with Crippen LogP contribution in [0, 0.1) is 17.8 Å². The molecule has 122 valence electrons. The topological polar surface area (TPSA) is 0 Å². The van der Waals surface area contributed by atoms with Gasteiger partial charge in [-0.3, -0.25) is 0 Å². The molecule has 0 nitrogen and oxygen atoms in total. The normalized spacial score (nSPS) is 28.2. The van der Waals surface area contributed by atoms with Crippen molar-refractivity contribution in [3.05, 3.63) is 12.2 Å². The molecule has 0 unspecified atom stereocenters. The van der Waals surface area contributed by atoms with Crippen molar-refractivity contribution in [3.8, 4) is 0 Å². The third-order valence-corrected chi connectivity index (χ3v) is 6.02. The Morgan fingerprint density at radius 2 is 1.38 bits per heavy atom. The summed E-state index contributed by atoms with van der Waals surface area (Å²) in [6, 6.07) is 0. The average molecular weight is 291 g/mol. The first kappa shape index (κ1) is 17.1. The van der Waals surface area contributed by atoms with Crippen molar-refractivity contribution in [2.75, 3.05) is 0 Å². The molecule has 0 N–H and O–H groups in total. The van der Waals surface area contributed by atoms with Crippen LogP contribution in [-0.2, 0) is 0 Å². The zero-order valence-electron chi connectivity index (χ0n) is 14.5. The lowest BCUT2D eigenvalue weighted by Crippen LogP contribution is -2.23. The van der Waals surface area contributed by atoms with Gasteiger partial charge in [0, 0.05) is 0 Å². The summed E-state index contributed by atoms with van der Waals surface area (Å²) in [5.74, 6) is 3.10. The fourth-order valence-corrected chi connectivity index (χ4v) is 4.57. The molecule has 0 aliphatic heterocycles. The first-order chi connectivity index (χ1) is 10.4. The summed E-state index contributed by atoms with van der Waals surface area (Å²) in [7, 11) is 0. The molecule has 0 aromatic carbocycles. The van der Waals surface area contributed by atoms with E-state index in [1.165, 1.54) is 83.5 Å². The number of allylic oxidation sites excluding steroid dienone is 2. The quantitative estimate of drug-likeness (QED) is 0.325. The molecule has 0 atom stereocenters. The zero-order chi connectivity index (χ0) is 14.8. The molecule has 0 saturated heterocycles. The van der Waals surface area contributed by atoms with Crippen LogP contribution in [0.5, 0.6) is 0 Å². The zero-order valence-corrected chi connectivity index (χ0v) is 14.5. The smallest absolute Gasteiger partial charge is 0.0233 e. The van der Waals surface area contributed by atoms with E-state index in [-0.39, 0.29) is 0 Å². The fourth-order valence-electron chi connectivity index (χ4n) is 4.57. The summed E-state index contributed by atoms with van der Waals surface area (Å²) in [6.45, 7) is 2.30. The Bertz CT molecular complexity index is 264. The van der Waals surface area contributed by atoms with Gasteiger partial charge < -0.3 is 0 Å². The first-order valence-electron chi connectivity index (χ1n) is 10.1. The van der Waals surface area contributed by atoms with Crippen LogP contribution in [0.3, 0.4) is 0 Å². The van der Waals surface area contributed by atoms with Gasteiger partial charge in [-0.05, 0) is 56.3 Å². The molecule has 2 aliphatic carbocycles. The largest absolute Gasteiger partial charge is 0.0883 e. The highest BCUT2D eigenvalue weighted by Gasteiger charge is 2.27. The lowest BCUT2D eigenvalue weighted by atomic mass is 9.71. The lowest BCUT2D eigenvalue weighted by molar-refractivity contribution is 0.180. The second-order valence-electron chi connectivity index (χ2n) is 7.70. The molecule has 0 spiro atoms. The van der Waals surface area contributed by atoms with E-state index in [9.17, 15) is 0 Å². The summed E-state index contributed by atoms with van der Waals surface area (Å²) in [4.78, 5) is 0. The van der Waals surface area contributed by atoms with E-state index in [0.717, 1.165) is 17.8 Å². The van der Waals surface area contributed by atoms with Gasteiger partial charge >= 0.3 is 0 Å². The van der Waals surface area contributed by atoms with E-state index in [1.54, 1.807) is 12.8 Å². The Kier molecular flexibility index (Phi) is 8.52. The molecule has 0 radical (unpaired) electrons. The van der Waals surface area contributed by atoms with Gasteiger partial charge in [-0.1, -0.05) is 76.9 Å². The first-order valence-corrected chi connectivity index (χ1v) is 10.1. The van der Waals surface area contributed by atoms with Gasteiger partial charge in [-0.25, -0.2) is 0 Å². The van der Waals surface area contributed by atoms with Crippen molar-refractivity contribution in [3.63, 3.8) is 0 Å². The van der Waals surface area contributed by atoms with E-state index in [1.807, 2.05) is 0 Å². The Balaban J connectivity index is 1.54. The minimum atomic E-state index is 0.917. The molecule has 0 aromatic rings. The summed E-state index contributed by atoms with van der Waals surface area (Å²) >= 11 is 0. The van der Waals surface area contributed by atoms with Gasteiger partial charge in [0.1, 0.15) is 0 Å². The van der Waals surface area contributed by atoms with Crippen LogP contribution < -0.4 is 0 Å². The van der Waals surface area contributed by atoms with Gasteiger partial charge in [-0.2, -0.15) is 0 Å². The monoisotopic (exact) mass is 290 g/mol. The van der Waals surface area contributed by atoms with Crippen molar-refractivity contribution in [2.24, 2.45) is 17.8 Å². The van der Waals surface area contributed by atoms with E-state index < -0.39 is 0 Å². The van der Waals surface area contributed by atoms with Crippen LogP contribution in [0.1, 0.15) is 103 Å². The van der Waals surface area contributed by atoms with Crippen LogP contribution in [0.4, 0.5) is 0 Å². The predicted molar refractivity (Wildman–Crippen MR) is 94.5 cm³/mol. The summed E-state index contributed by atoms with van der Waals surface area (Å²) in [6.07, 6.45) is 27.1. The summed E-state index contributed by atoms with van der Waals surface area (Å²) < 4.78 is 0. The van der Waals surface area contributed by atoms with Crippen molar-refractivity contribution < 1.29 is 0 Å². The molecule has 0 heteroatoms. The summed E-state index contributed by atoms with van der Waals surface area (Å²) in [5, 5.41) is 0. The highest BCUT2D eigenvalue weighted by molar-refractivity contribution is 4.92. The molecular weight excluding hydrogens is 252 g/mol. The molecule has 0 bridgehead atoms. The van der Waals surface area contributed by atoms with Gasteiger partial charge in [-0.15, -0.1) is 0 Å². The number of hydrogen-bond donors (Lipinski definition) is 0. The Hall–Kier alpha value is -0.260. The molecule has 0 heterocycles. The maximum absolute atomic E-state index is 2.57. The van der Waals surface area contributed by atoms with Gasteiger partial charge in [0.2, 0.25) is 0 Å². The van der Waals surface area contributed by atoms with Crippen LogP contribution in [0.15, 0.2) is 12.2 Å². The standard InChI is InChI=1S/C21H38/c1-2-3-4-5-6-7-9-12-19-15-17-21(18-16-19)20-13-10-8-11-14-20/h9,12,19-21H,2-8,10-11,13-18H2,1H3/b12-9+. The van der Waals surface area contributed by atoms with E-state index in [2.05, 4.69) is 19.1 Å². The van der Waals surface area contributed by atoms with Gasteiger partial charge in [0.15, 0.2) is 0 Å².